The zero-order valence-corrected chi connectivity index (χ0v) is 5.28. The highest BCUT2D eigenvalue weighted by atomic mass is 31.1. The maximum atomic E-state index is 10.1. The first-order chi connectivity index (χ1) is 4.30. The topological polar surface area (TPSA) is 59.9 Å². The van der Waals surface area contributed by atoms with Crippen molar-refractivity contribution in [2.45, 2.75) is 0 Å². The molecule has 5 heteroatoms. The van der Waals surface area contributed by atoms with Gasteiger partial charge in [-0.2, -0.15) is 0 Å². The first-order valence-electron chi connectivity index (χ1n) is 2.22. The molecule has 0 atom stereocenters. The lowest BCUT2D eigenvalue weighted by Gasteiger charge is -1.80. The fourth-order valence-corrected chi connectivity index (χ4v) is 0.707. The molecule has 0 spiro atoms. The fourth-order valence-electron chi connectivity index (χ4n) is 0.386. The SMILES string of the molecule is O=P(=O)c1ncccn1. The van der Waals surface area contributed by atoms with Crippen molar-refractivity contribution in [3.8, 4) is 0 Å². The summed E-state index contributed by atoms with van der Waals surface area (Å²) in [5, 5.41) is 0. The van der Waals surface area contributed by atoms with E-state index in [1.165, 1.54) is 12.4 Å². The molecule has 0 radical (unpaired) electrons. The molecule has 0 aromatic carbocycles. The average Bonchev–Trinajstić information content (AvgIpc) is 1.90. The molecule has 1 heterocycles. The van der Waals surface area contributed by atoms with E-state index in [1.54, 1.807) is 6.07 Å². The van der Waals surface area contributed by atoms with Gasteiger partial charge in [0, 0.05) is 12.4 Å². The van der Waals surface area contributed by atoms with Crippen LogP contribution in [-0.2, 0) is 9.13 Å². The van der Waals surface area contributed by atoms with Gasteiger partial charge in [-0.05, 0) is 6.07 Å². The summed E-state index contributed by atoms with van der Waals surface area (Å²) in [7, 11) is -2.62. The second-order valence-corrected chi connectivity index (χ2v) is 2.22. The van der Waals surface area contributed by atoms with Crippen molar-refractivity contribution in [2.75, 3.05) is 0 Å². The maximum Gasteiger partial charge on any atom is 0.387 e. The van der Waals surface area contributed by atoms with Gasteiger partial charge in [0.15, 0.2) is 0 Å². The minimum absolute atomic E-state index is 0.132. The van der Waals surface area contributed by atoms with Crippen molar-refractivity contribution in [3.63, 3.8) is 0 Å². The van der Waals surface area contributed by atoms with Gasteiger partial charge < -0.3 is 0 Å². The van der Waals surface area contributed by atoms with Crippen LogP contribution in [-0.4, -0.2) is 9.97 Å². The van der Waals surface area contributed by atoms with Crippen LogP contribution in [0.3, 0.4) is 0 Å². The van der Waals surface area contributed by atoms with Gasteiger partial charge >= 0.3 is 7.68 Å². The molecule has 0 amide bonds. The normalized spacial score (nSPS) is 8.89. The van der Waals surface area contributed by atoms with Crippen LogP contribution >= 0.6 is 7.68 Å². The van der Waals surface area contributed by atoms with Gasteiger partial charge in [0.2, 0.25) is 0 Å². The molecule has 0 aliphatic rings. The van der Waals surface area contributed by atoms with Crippen molar-refractivity contribution in [1.29, 1.82) is 0 Å². The number of hydrogen-bond donors (Lipinski definition) is 0. The summed E-state index contributed by atoms with van der Waals surface area (Å²) in [6.45, 7) is 0. The van der Waals surface area contributed by atoms with Crippen molar-refractivity contribution >= 4 is 13.2 Å². The van der Waals surface area contributed by atoms with Crippen molar-refractivity contribution in [1.82, 2.24) is 9.97 Å². The Morgan fingerprint density at radius 1 is 1.22 bits per heavy atom. The lowest BCUT2D eigenvalue weighted by atomic mass is 10.7. The lowest BCUT2D eigenvalue weighted by molar-refractivity contribution is 0.521. The monoisotopic (exact) mass is 142 g/mol. The van der Waals surface area contributed by atoms with E-state index < -0.39 is 7.68 Å². The minimum Gasteiger partial charge on any atom is -0.228 e. The predicted octanol–water partition coefficient (Wildman–Crippen LogP) is 0.275. The van der Waals surface area contributed by atoms with Crippen LogP contribution in [0.1, 0.15) is 0 Å². The Balaban J connectivity index is 3.13. The van der Waals surface area contributed by atoms with Gasteiger partial charge in [-0.15, -0.1) is 0 Å². The van der Waals surface area contributed by atoms with E-state index in [0.717, 1.165) is 0 Å². The largest absolute Gasteiger partial charge is 0.387 e. The van der Waals surface area contributed by atoms with E-state index in [1.807, 2.05) is 0 Å². The number of rotatable bonds is 1. The fraction of sp³-hybridized carbons (Fsp3) is 0. The predicted molar refractivity (Wildman–Crippen MR) is 30.0 cm³/mol. The quantitative estimate of drug-likeness (QED) is 0.528. The van der Waals surface area contributed by atoms with Gasteiger partial charge in [-0.25, -0.2) is 19.1 Å². The van der Waals surface area contributed by atoms with Gasteiger partial charge in [-0.3, -0.25) is 0 Å². The van der Waals surface area contributed by atoms with Crippen LogP contribution in [0.25, 0.3) is 0 Å². The maximum absolute atomic E-state index is 10.1. The van der Waals surface area contributed by atoms with Crippen LogP contribution in [0.2, 0.25) is 0 Å². The van der Waals surface area contributed by atoms with E-state index in [-0.39, 0.29) is 5.57 Å². The van der Waals surface area contributed by atoms with Gasteiger partial charge in [0.1, 0.15) is 0 Å². The highest BCUT2D eigenvalue weighted by molar-refractivity contribution is 7.39. The molecule has 4 nitrogen and oxygen atoms in total. The molecule has 0 saturated heterocycles. The summed E-state index contributed by atoms with van der Waals surface area (Å²) >= 11 is 0. The molecule has 1 aromatic heterocycles. The van der Waals surface area contributed by atoms with Gasteiger partial charge in [-0.1, -0.05) is 0 Å². The van der Waals surface area contributed by atoms with E-state index in [9.17, 15) is 9.13 Å². The molecule has 1 rings (SSSR count). The molecular weight excluding hydrogens is 139 g/mol. The zero-order chi connectivity index (χ0) is 6.69. The standard InChI is InChI=1S/C4H3N2O2P/c7-9(8)4-5-2-1-3-6-4/h1-3H. The van der Waals surface area contributed by atoms with Crippen molar-refractivity contribution in [3.05, 3.63) is 18.5 Å². The van der Waals surface area contributed by atoms with Crippen LogP contribution in [0.5, 0.6) is 0 Å². The highest BCUT2D eigenvalue weighted by Crippen LogP contribution is 1.95. The summed E-state index contributed by atoms with van der Waals surface area (Å²) in [5.74, 6) is 0. The molecule has 1 aromatic rings. The average molecular weight is 142 g/mol. The number of nitrogens with zero attached hydrogens (tertiary/aromatic N) is 2. The lowest BCUT2D eigenvalue weighted by Crippen LogP contribution is -2.02. The second kappa shape index (κ2) is 2.51. The van der Waals surface area contributed by atoms with Crippen LogP contribution < -0.4 is 5.57 Å². The molecule has 9 heavy (non-hydrogen) atoms. The molecule has 0 aliphatic carbocycles. The molecule has 0 N–H and O–H groups in total. The van der Waals surface area contributed by atoms with E-state index >= 15 is 0 Å². The van der Waals surface area contributed by atoms with Crippen LogP contribution in [0.4, 0.5) is 0 Å². The Morgan fingerprint density at radius 3 is 2.11 bits per heavy atom. The van der Waals surface area contributed by atoms with Crippen molar-refractivity contribution in [2.24, 2.45) is 0 Å². The third-order valence-electron chi connectivity index (χ3n) is 0.715. The number of hydrogen-bond acceptors (Lipinski definition) is 4. The Hall–Kier alpha value is -1.02. The number of aromatic nitrogens is 2. The smallest absolute Gasteiger partial charge is 0.228 e. The molecule has 0 bridgehead atoms. The summed E-state index contributed by atoms with van der Waals surface area (Å²) in [4.78, 5) is 6.94. The summed E-state index contributed by atoms with van der Waals surface area (Å²) in [5.41, 5.74) is -0.132. The Kier molecular flexibility index (Phi) is 1.70. The van der Waals surface area contributed by atoms with Crippen LogP contribution in [0, 0.1) is 0 Å². The van der Waals surface area contributed by atoms with Crippen LogP contribution in [0.15, 0.2) is 18.5 Å². The molecule has 46 valence electrons. The first kappa shape index (κ1) is 6.11. The van der Waals surface area contributed by atoms with Crippen molar-refractivity contribution < 1.29 is 9.13 Å². The van der Waals surface area contributed by atoms with Gasteiger partial charge in [0.05, 0.1) is 0 Å². The second-order valence-electron chi connectivity index (χ2n) is 1.31. The highest BCUT2D eigenvalue weighted by Gasteiger charge is 1.96. The van der Waals surface area contributed by atoms with E-state index in [0.29, 0.717) is 0 Å². The third kappa shape index (κ3) is 1.44. The summed E-state index contributed by atoms with van der Waals surface area (Å²) < 4.78 is 20.2. The Morgan fingerprint density at radius 2 is 1.78 bits per heavy atom. The molecule has 0 saturated carbocycles. The van der Waals surface area contributed by atoms with E-state index in [2.05, 4.69) is 9.97 Å². The third-order valence-corrected chi connectivity index (χ3v) is 1.27. The molecule has 0 aliphatic heterocycles. The van der Waals surface area contributed by atoms with E-state index in [4.69, 9.17) is 0 Å². The minimum atomic E-state index is -2.62. The molecule has 0 unspecified atom stereocenters. The first-order valence-corrected chi connectivity index (χ1v) is 3.40. The van der Waals surface area contributed by atoms with Gasteiger partial charge in [0.25, 0.3) is 5.57 Å². The summed E-state index contributed by atoms with van der Waals surface area (Å²) in [6.07, 6.45) is 2.76. The molecule has 0 fully saturated rings. The zero-order valence-electron chi connectivity index (χ0n) is 4.39. The summed E-state index contributed by atoms with van der Waals surface area (Å²) in [6, 6.07) is 1.56. The Labute approximate surface area is 51.8 Å². The molecular formula is C4H3N2O2P. The Bertz CT molecular complexity index is 249.